The van der Waals surface area contributed by atoms with Crippen molar-refractivity contribution in [2.24, 2.45) is 11.8 Å². The Balaban J connectivity index is 1.75. The van der Waals surface area contributed by atoms with Crippen LogP contribution in [0.1, 0.15) is 38.5 Å². The highest BCUT2D eigenvalue weighted by molar-refractivity contribution is 7.07. The standard InChI is InChI=1S/C12H23ClOSi/c1-14-12-4-2-10(3-5-12)11-6-8-15(13)9-7-11/h10-12,15H,2-9H2,1H3/t10?,11-,12?,15-. The van der Waals surface area contributed by atoms with Crippen molar-refractivity contribution in [1.29, 1.82) is 0 Å². The summed E-state index contributed by atoms with van der Waals surface area (Å²) in [6, 6.07) is 2.77. The summed E-state index contributed by atoms with van der Waals surface area (Å²) in [6.07, 6.45) is 8.81. The average Bonchev–Trinajstić information content (AvgIpc) is 2.30. The molecule has 0 bridgehead atoms. The first-order valence-electron chi connectivity index (χ1n) is 6.46. The highest BCUT2D eigenvalue weighted by Crippen LogP contribution is 2.39. The van der Waals surface area contributed by atoms with Gasteiger partial charge in [-0.15, -0.1) is 0 Å². The molecule has 88 valence electrons. The summed E-state index contributed by atoms with van der Waals surface area (Å²) in [5.41, 5.74) is 0. The lowest BCUT2D eigenvalue weighted by Gasteiger charge is -2.36. The van der Waals surface area contributed by atoms with Gasteiger partial charge in [-0.25, -0.2) is 0 Å². The summed E-state index contributed by atoms with van der Waals surface area (Å²) in [5.74, 6) is 2.00. The van der Waals surface area contributed by atoms with Gasteiger partial charge >= 0.3 is 0 Å². The maximum Gasteiger partial charge on any atom is 0.141 e. The Morgan fingerprint density at radius 1 is 0.933 bits per heavy atom. The van der Waals surface area contributed by atoms with Crippen LogP contribution in [0.2, 0.25) is 12.1 Å². The normalized spacial score (nSPS) is 42.8. The molecular weight excluding hydrogens is 224 g/mol. The van der Waals surface area contributed by atoms with Crippen LogP contribution in [-0.2, 0) is 4.74 Å². The second-order valence-electron chi connectivity index (χ2n) is 5.28. The van der Waals surface area contributed by atoms with Crippen molar-refractivity contribution in [3.8, 4) is 0 Å². The molecule has 0 aromatic rings. The smallest absolute Gasteiger partial charge is 0.141 e. The molecule has 0 spiro atoms. The molecule has 15 heavy (non-hydrogen) atoms. The van der Waals surface area contributed by atoms with Gasteiger partial charge in [0.15, 0.2) is 0 Å². The maximum atomic E-state index is 6.29. The van der Waals surface area contributed by atoms with E-state index in [-0.39, 0.29) is 0 Å². The number of hydrogen-bond donors (Lipinski definition) is 0. The van der Waals surface area contributed by atoms with E-state index < -0.39 is 8.11 Å². The second kappa shape index (κ2) is 5.69. The van der Waals surface area contributed by atoms with Crippen LogP contribution in [-0.4, -0.2) is 21.3 Å². The topological polar surface area (TPSA) is 9.23 Å². The van der Waals surface area contributed by atoms with E-state index in [1.54, 1.807) is 0 Å². The lowest BCUT2D eigenvalue weighted by atomic mass is 9.76. The Kier molecular flexibility index (Phi) is 4.53. The molecule has 3 heteroatoms. The minimum Gasteiger partial charge on any atom is -0.381 e. The highest BCUT2D eigenvalue weighted by Gasteiger charge is 2.30. The lowest BCUT2D eigenvalue weighted by Crippen LogP contribution is -2.28. The fraction of sp³-hybridized carbons (Fsp3) is 1.00. The quantitative estimate of drug-likeness (QED) is 0.535. The van der Waals surface area contributed by atoms with Gasteiger partial charge in [-0.3, -0.25) is 0 Å². The summed E-state index contributed by atoms with van der Waals surface area (Å²) in [6.45, 7) is 0. The lowest BCUT2D eigenvalue weighted by molar-refractivity contribution is 0.0449. The molecule has 1 aliphatic heterocycles. The first kappa shape index (κ1) is 11.9. The third-order valence-corrected chi connectivity index (χ3v) is 7.65. The van der Waals surface area contributed by atoms with E-state index in [1.807, 2.05) is 7.11 Å². The Morgan fingerprint density at radius 2 is 1.47 bits per heavy atom. The van der Waals surface area contributed by atoms with Gasteiger partial charge in [0.25, 0.3) is 0 Å². The Hall–Kier alpha value is 0.467. The number of ether oxygens (including phenoxy) is 1. The van der Waals surface area contributed by atoms with E-state index in [0.29, 0.717) is 6.10 Å². The van der Waals surface area contributed by atoms with Crippen LogP contribution in [0.4, 0.5) is 0 Å². The Morgan fingerprint density at radius 3 is 2.00 bits per heavy atom. The van der Waals surface area contributed by atoms with Gasteiger partial charge < -0.3 is 4.74 Å². The number of rotatable bonds is 2. The predicted molar refractivity (Wildman–Crippen MR) is 68.1 cm³/mol. The van der Waals surface area contributed by atoms with Crippen LogP contribution < -0.4 is 0 Å². The molecule has 0 radical (unpaired) electrons. The number of hydrogen-bond acceptors (Lipinski definition) is 1. The van der Waals surface area contributed by atoms with Gasteiger partial charge in [-0.05, 0) is 49.6 Å². The molecular formula is C12H23ClOSi. The van der Waals surface area contributed by atoms with Crippen LogP contribution in [0.15, 0.2) is 0 Å². The molecule has 1 saturated heterocycles. The first-order chi connectivity index (χ1) is 7.29. The van der Waals surface area contributed by atoms with Gasteiger partial charge in [-0.1, -0.05) is 12.8 Å². The predicted octanol–water partition coefficient (Wildman–Crippen LogP) is 3.56. The minimum absolute atomic E-state index is 0.556. The maximum absolute atomic E-state index is 6.29. The van der Waals surface area contributed by atoms with Crippen LogP contribution >= 0.6 is 11.1 Å². The van der Waals surface area contributed by atoms with Gasteiger partial charge in [0.1, 0.15) is 8.11 Å². The summed E-state index contributed by atoms with van der Waals surface area (Å²) in [5, 5.41) is 0. The highest BCUT2D eigenvalue weighted by atomic mass is 35.6. The molecule has 1 aliphatic carbocycles. The van der Waals surface area contributed by atoms with Gasteiger partial charge in [0.2, 0.25) is 0 Å². The van der Waals surface area contributed by atoms with Crippen LogP contribution in [0.25, 0.3) is 0 Å². The molecule has 0 N–H and O–H groups in total. The summed E-state index contributed by atoms with van der Waals surface area (Å²) < 4.78 is 5.43. The molecule has 2 aliphatic rings. The van der Waals surface area contributed by atoms with Crippen molar-refractivity contribution in [2.45, 2.75) is 56.7 Å². The monoisotopic (exact) mass is 246 g/mol. The second-order valence-corrected chi connectivity index (χ2v) is 9.49. The number of methoxy groups -OCH3 is 1. The Labute approximate surface area is 99.8 Å². The largest absolute Gasteiger partial charge is 0.381 e. The molecule has 0 unspecified atom stereocenters. The van der Waals surface area contributed by atoms with E-state index >= 15 is 0 Å². The first-order valence-corrected chi connectivity index (χ1v) is 9.84. The fourth-order valence-electron chi connectivity index (χ4n) is 3.35. The zero-order valence-corrected chi connectivity index (χ0v) is 11.7. The molecule has 1 nitrogen and oxygen atoms in total. The summed E-state index contributed by atoms with van der Waals surface area (Å²) in [4.78, 5) is 0. The summed E-state index contributed by atoms with van der Waals surface area (Å²) >= 11 is 6.29. The third-order valence-electron chi connectivity index (χ3n) is 4.42. The average molecular weight is 247 g/mol. The van der Waals surface area contributed by atoms with Crippen molar-refractivity contribution >= 4 is 19.2 Å². The Bertz CT molecular complexity index is 184. The van der Waals surface area contributed by atoms with Crippen molar-refractivity contribution in [3.05, 3.63) is 0 Å². The molecule has 1 saturated carbocycles. The zero-order chi connectivity index (χ0) is 10.7. The van der Waals surface area contributed by atoms with Crippen molar-refractivity contribution in [2.75, 3.05) is 7.11 Å². The molecule has 0 amide bonds. The summed E-state index contributed by atoms with van der Waals surface area (Å²) in [7, 11) is 1.10. The molecule has 0 atom stereocenters. The fourth-order valence-corrected chi connectivity index (χ4v) is 5.97. The van der Waals surface area contributed by atoms with E-state index in [9.17, 15) is 0 Å². The van der Waals surface area contributed by atoms with Gasteiger partial charge in [0, 0.05) is 7.11 Å². The van der Waals surface area contributed by atoms with Gasteiger partial charge in [-0.2, -0.15) is 11.1 Å². The van der Waals surface area contributed by atoms with Crippen LogP contribution in [0.3, 0.4) is 0 Å². The van der Waals surface area contributed by atoms with E-state index in [2.05, 4.69) is 0 Å². The van der Waals surface area contributed by atoms with Crippen molar-refractivity contribution in [1.82, 2.24) is 0 Å². The van der Waals surface area contributed by atoms with E-state index in [4.69, 9.17) is 15.8 Å². The zero-order valence-electron chi connectivity index (χ0n) is 9.75. The van der Waals surface area contributed by atoms with Crippen molar-refractivity contribution in [3.63, 3.8) is 0 Å². The third kappa shape index (κ3) is 3.21. The minimum atomic E-state index is -0.758. The number of halogens is 1. The van der Waals surface area contributed by atoms with E-state index in [0.717, 1.165) is 11.8 Å². The van der Waals surface area contributed by atoms with Crippen molar-refractivity contribution < 1.29 is 4.74 Å². The molecule has 0 aromatic heterocycles. The van der Waals surface area contributed by atoms with Crippen LogP contribution in [0.5, 0.6) is 0 Å². The molecule has 2 rings (SSSR count). The van der Waals surface area contributed by atoms with Gasteiger partial charge in [0.05, 0.1) is 6.10 Å². The van der Waals surface area contributed by atoms with Crippen LogP contribution in [0, 0.1) is 11.8 Å². The molecule has 2 fully saturated rings. The van der Waals surface area contributed by atoms with E-state index in [1.165, 1.54) is 50.6 Å². The molecule has 0 aromatic carbocycles. The molecule has 1 heterocycles. The SMILES string of the molecule is COC1CCC([C@H]2CC[Si@H](Cl)CC2)CC1.